The molecule has 2 aliphatic heterocycles. The molecule has 0 saturated carbocycles. The largest absolute Gasteiger partial charge is 0.299 e. The number of rotatable bonds is 1. The van der Waals surface area contributed by atoms with Crippen LogP contribution in [0.2, 0.25) is 0 Å². The summed E-state index contributed by atoms with van der Waals surface area (Å²) >= 11 is 0. The predicted octanol–water partition coefficient (Wildman–Crippen LogP) is 1.56. The average molecular weight is 182 g/mol. The molecule has 0 N–H and O–H groups in total. The summed E-state index contributed by atoms with van der Waals surface area (Å²) in [5.74, 6) is 0. The van der Waals surface area contributed by atoms with Gasteiger partial charge in [-0.15, -0.1) is 0 Å². The van der Waals surface area contributed by atoms with E-state index >= 15 is 0 Å². The van der Waals surface area contributed by atoms with Crippen LogP contribution in [0.5, 0.6) is 0 Å². The fourth-order valence-electron chi connectivity index (χ4n) is 2.35. The molecule has 13 heavy (non-hydrogen) atoms. The van der Waals surface area contributed by atoms with Crippen molar-refractivity contribution >= 4 is 0 Å². The number of nitrogens with zero attached hydrogens (tertiary/aromatic N) is 2. The van der Waals surface area contributed by atoms with Gasteiger partial charge in [-0.3, -0.25) is 9.80 Å². The summed E-state index contributed by atoms with van der Waals surface area (Å²) in [6.07, 6.45) is 2.81. The third-order valence-corrected chi connectivity index (χ3v) is 3.52. The second-order valence-corrected chi connectivity index (χ2v) is 5.45. The highest BCUT2D eigenvalue weighted by Gasteiger charge is 2.34. The minimum atomic E-state index is 0.375. The van der Waals surface area contributed by atoms with Gasteiger partial charge in [0.25, 0.3) is 0 Å². The molecule has 2 heteroatoms. The number of hydrogen-bond acceptors (Lipinski definition) is 2. The zero-order chi connectivity index (χ0) is 9.47. The lowest BCUT2D eigenvalue weighted by Gasteiger charge is -2.38. The lowest BCUT2D eigenvalue weighted by atomic mass is 10.1. The van der Waals surface area contributed by atoms with E-state index in [1.165, 1.54) is 39.0 Å². The van der Waals surface area contributed by atoms with Crippen molar-refractivity contribution in [2.45, 2.75) is 45.2 Å². The van der Waals surface area contributed by atoms with Crippen LogP contribution in [0.4, 0.5) is 0 Å². The molecule has 0 aromatic heterocycles. The van der Waals surface area contributed by atoms with Gasteiger partial charge in [-0.2, -0.15) is 0 Å². The van der Waals surface area contributed by atoms with E-state index in [4.69, 9.17) is 0 Å². The minimum absolute atomic E-state index is 0.375. The number of likely N-dealkylation sites (tertiary alicyclic amines) is 2. The molecule has 2 aliphatic rings. The van der Waals surface area contributed by atoms with E-state index in [1.54, 1.807) is 0 Å². The Morgan fingerprint density at radius 2 is 1.77 bits per heavy atom. The zero-order valence-corrected chi connectivity index (χ0v) is 9.21. The molecule has 2 heterocycles. The maximum atomic E-state index is 2.64. The van der Waals surface area contributed by atoms with E-state index in [0.29, 0.717) is 5.54 Å². The molecule has 2 fully saturated rings. The van der Waals surface area contributed by atoms with Crippen molar-refractivity contribution in [2.24, 2.45) is 0 Å². The topological polar surface area (TPSA) is 6.48 Å². The minimum Gasteiger partial charge on any atom is -0.299 e. The Kier molecular flexibility index (Phi) is 2.37. The van der Waals surface area contributed by atoms with E-state index in [9.17, 15) is 0 Å². The maximum absolute atomic E-state index is 2.64. The molecular formula is C11H22N2. The Morgan fingerprint density at radius 3 is 2.15 bits per heavy atom. The molecule has 76 valence electrons. The lowest BCUT2D eigenvalue weighted by molar-refractivity contribution is 0.102. The highest BCUT2D eigenvalue weighted by atomic mass is 15.3. The Morgan fingerprint density at radius 1 is 1.08 bits per heavy atom. The van der Waals surface area contributed by atoms with Gasteiger partial charge in [0.2, 0.25) is 0 Å². The second-order valence-electron chi connectivity index (χ2n) is 5.45. The third-order valence-electron chi connectivity index (χ3n) is 3.52. The van der Waals surface area contributed by atoms with Crippen LogP contribution < -0.4 is 0 Å². The van der Waals surface area contributed by atoms with Crippen LogP contribution in [0.1, 0.15) is 33.6 Å². The van der Waals surface area contributed by atoms with E-state index < -0.39 is 0 Å². The first-order valence-electron chi connectivity index (χ1n) is 5.56. The quantitative estimate of drug-likeness (QED) is 0.607. The van der Waals surface area contributed by atoms with Crippen LogP contribution >= 0.6 is 0 Å². The van der Waals surface area contributed by atoms with Crippen LogP contribution in [0.25, 0.3) is 0 Å². The molecule has 2 nitrogen and oxygen atoms in total. The molecule has 0 aliphatic carbocycles. The van der Waals surface area contributed by atoms with Crippen LogP contribution in [0.15, 0.2) is 0 Å². The summed E-state index contributed by atoms with van der Waals surface area (Å²) in [6.45, 7) is 12.3. The third kappa shape index (κ3) is 1.89. The van der Waals surface area contributed by atoms with Crippen molar-refractivity contribution in [1.82, 2.24) is 9.80 Å². The summed E-state index contributed by atoms with van der Waals surface area (Å²) in [5, 5.41) is 0. The molecule has 1 unspecified atom stereocenters. The van der Waals surface area contributed by atoms with Gasteiger partial charge >= 0.3 is 0 Å². The Balaban J connectivity index is 1.86. The molecule has 2 saturated heterocycles. The van der Waals surface area contributed by atoms with Crippen LogP contribution in [0, 0.1) is 0 Å². The Hall–Kier alpha value is -0.0800. The normalized spacial score (nSPS) is 32.1. The number of hydrogen-bond donors (Lipinski definition) is 0. The molecule has 0 aromatic carbocycles. The Labute approximate surface area is 81.9 Å². The van der Waals surface area contributed by atoms with Crippen molar-refractivity contribution in [3.8, 4) is 0 Å². The van der Waals surface area contributed by atoms with Gasteiger partial charge in [-0.1, -0.05) is 0 Å². The van der Waals surface area contributed by atoms with Crippen LogP contribution in [-0.4, -0.2) is 47.6 Å². The Bertz CT molecular complexity index is 179. The van der Waals surface area contributed by atoms with Crippen molar-refractivity contribution in [1.29, 1.82) is 0 Å². The van der Waals surface area contributed by atoms with E-state index in [-0.39, 0.29) is 0 Å². The standard InChI is InChI=1S/C11H22N2/c1-11(2,3)13-8-5-10(9-13)12-6-4-7-12/h10H,4-9H2,1-3H3. The molecule has 0 aromatic rings. The molecule has 0 spiro atoms. The molecular weight excluding hydrogens is 160 g/mol. The van der Waals surface area contributed by atoms with Crippen LogP contribution in [0.3, 0.4) is 0 Å². The molecule has 2 rings (SSSR count). The smallest absolute Gasteiger partial charge is 0.0235 e. The molecule has 0 amide bonds. The van der Waals surface area contributed by atoms with Gasteiger partial charge in [0.1, 0.15) is 0 Å². The van der Waals surface area contributed by atoms with Gasteiger partial charge in [0.05, 0.1) is 0 Å². The van der Waals surface area contributed by atoms with Gasteiger partial charge in [0.15, 0.2) is 0 Å². The average Bonchev–Trinajstić information content (AvgIpc) is 2.29. The van der Waals surface area contributed by atoms with Gasteiger partial charge in [-0.25, -0.2) is 0 Å². The maximum Gasteiger partial charge on any atom is 0.0235 e. The molecule has 1 atom stereocenters. The fraction of sp³-hybridized carbons (Fsp3) is 1.00. The van der Waals surface area contributed by atoms with Gasteiger partial charge in [0, 0.05) is 24.7 Å². The summed E-state index contributed by atoms with van der Waals surface area (Å²) in [7, 11) is 0. The predicted molar refractivity (Wildman–Crippen MR) is 55.9 cm³/mol. The summed E-state index contributed by atoms with van der Waals surface area (Å²) in [5.41, 5.74) is 0.375. The zero-order valence-electron chi connectivity index (χ0n) is 9.21. The van der Waals surface area contributed by atoms with Crippen LogP contribution in [-0.2, 0) is 0 Å². The highest BCUT2D eigenvalue weighted by Crippen LogP contribution is 2.25. The SMILES string of the molecule is CC(C)(C)N1CCC(N2CCC2)C1. The van der Waals surface area contributed by atoms with Gasteiger partial charge in [-0.05, 0) is 46.7 Å². The van der Waals surface area contributed by atoms with Crippen molar-refractivity contribution in [3.63, 3.8) is 0 Å². The first-order chi connectivity index (χ1) is 6.07. The summed E-state index contributed by atoms with van der Waals surface area (Å²) < 4.78 is 0. The summed E-state index contributed by atoms with van der Waals surface area (Å²) in [6, 6.07) is 0.868. The fourth-order valence-corrected chi connectivity index (χ4v) is 2.35. The molecule has 0 radical (unpaired) electrons. The molecule has 0 bridgehead atoms. The van der Waals surface area contributed by atoms with Crippen molar-refractivity contribution < 1.29 is 0 Å². The second kappa shape index (κ2) is 3.25. The first kappa shape index (κ1) is 9.47. The van der Waals surface area contributed by atoms with Crippen molar-refractivity contribution in [3.05, 3.63) is 0 Å². The van der Waals surface area contributed by atoms with E-state index in [2.05, 4.69) is 30.6 Å². The lowest BCUT2D eigenvalue weighted by Crippen LogP contribution is -2.48. The summed E-state index contributed by atoms with van der Waals surface area (Å²) in [4.78, 5) is 5.27. The highest BCUT2D eigenvalue weighted by molar-refractivity contribution is 4.91. The monoisotopic (exact) mass is 182 g/mol. The van der Waals surface area contributed by atoms with E-state index in [1.807, 2.05) is 0 Å². The van der Waals surface area contributed by atoms with E-state index in [0.717, 1.165) is 6.04 Å². The van der Waals surface area contributed by atoms with Gasteiger partial charge < -0.3 is 0 Å². The first-order valence-corrected chi connectivity index (χ1v) is 5.56. The van der Waals surface area contributed by atoms with Crippen molar-refractivity contribution in [2.75, 3.05) is 26.2 Å².